The third-order valence-electron chi connectivity index (χ3n) is 2.59. The van der Waals surface area contributed by atoms with E-state index >= 15 is 0 Å². The SMILES string of the molecule is CC(C)(N)C(=O)NC1COc2ccccc21. The van der Waals surface area contributed by atoms with Crippen molar-refractivity contribution in [3.05, 3.63) is 29.8 Å². The first-order valence-corrected chi connectivity index (χ1v) is 5.30. The van der Waals surface area contributed by atoms with Crippen LogP contribution in [0.2, 0.25) is 0 Å². The number of benzene rings is 1. The fraction of sp³-hybridized carbons (Fsp3) is 0.417. The summed E-state index contributed by atoms with van der Waals surface area (Å²) in [6.45, 7) is 3.84. The number of rotatable bonds is 2. The van der Waals surface area contributed by atoms with Crippen LogP contribution in [0.25, 0.3) is 0 Å². The summed E-state index contributed by atoms with van der Waals surface area (Å²) in [6, 6.07) is 7.61. The number of carbonyl (C=O) groups is 1. The first-order valence-electron chi connectivity index (χ1n) is 5.30. The van der Waals surface area contributed by atoms with E-state index in [-0.39, 0.29) is 11.9 Å². The molecule has 4 nitrogen and oxygen atoms in total. The van der Waals surface area contributed by atoms with Gasteiger partial charge >= 0.3 is 0 Å². The Morgan fingerprint density at radius 3 is 2.88 bits per heavy atom. The van der Waals surface area contributed by atoms with Gasteiger partial charge in [0, 0.05) is 5.56 Å². The zero-order valence-electron chi connectivity index (χ0n) is 9.49. The van der Waals surface area contributed by atoms with E-state index in [0.717, 1.165) is 11.3 Å². The molecule has 1 aliphatic rings. The minimum atomic E-state index is -0.864. The van der Waals surface area contributed by atoms with Gasteiger partial charge in [0.1, 0.15) is 12.4 Å². The molecule has 0 saturated heterocycles. The molecule has 0 aliphatic carbocycles. The maximum Gasteiger partial charge on any atom is 0.240 e. The standard InChI is InChI=1S/C12H16N2O2/c1-12(2,13)11(15)14-9-7-16-10-6-4-3-5-8(9)10/h3-6,9H,7,13H2,1-2H3,(H,14,15). The smallest absolute Gasteiger partial charge is 0.240 e. The molecule has 2 rings (SSSR count). The molecule has 3 N–H and O–H groups in total. The van der Waals surface area contributed by atoms with Crippen LogP contribution in [0.4, 0.5) is 0 Å². The van der Waals surface area contributed by atoms with Crippen molar-refractivity contribution in [1.82, 2.24) is 5.32 Å². The van der Waals surface area contributed by atoms with Crippen LogP contribution in [0.15, 0.2) is 24.3 Å². The summed E-state index contributed by atoms with van der Waals surface area (Å²) in [7, 11) is 0. The fourth-order valence-corrected chi connectivity index (χ4v) is 1.63. The molecule has 1 aromatic rings. The summed E-state index contributed by atoms with van der Waals surface area (Å²) < 4.78 is 5.47. The van der Waals surface area contributed by atoms with Crippen molar-refractivity contribution in [3.8, 4) is 5.75 Å². The molecule has 1 unspecified atom stereocenters. The predicted molar refractivity (Wildman–Crippen MR) is 61.1 cm³/mol. The maximum absolute atomic E-state index is 11.7. The van der Waals surface area contributed by atoms with Crippen LogP contribution in [0.5, 0.6) is 5.75 Å². The minimum Gasteiger partial charge on any atom is -0.491 e. The van der Waals surface area contributed by atoms with E-state index in [1.54, 1.807) is 13.8 Å². The van der Waals surface area contributed by atoms with Crippen molar-refractivity contribution in [2.45, 2.75) is 25.4 Å². The number of nitrogens with two attached hydrogens (primary N) is 1. The van der Waals surface area contributed by atoms with Gasteiger partial charge in [-0.1, -0.05) is 18.2 Å². The van der Waals surface area contributed by atoms with E-state index in [9.17, 15) is 4.79 Å². The molecule has 1 heterocycles. The van der Waals surface area contributed by atoms with Crippen LogP contribution in [-0.4, -0.2) is 18.1 Å². The maximum atomic E-state index is 11.7. The summed E-state index contributed by atoms with van der Waals surface area (Å²) in [5.74, 6) is 0.667. The van der Waals surface area contributed by atoms with E-state index < -0.39 is 5.54 Å². The normalized spacial score (nSPS) is 18.8. The van der Waals surface area contributed by atoms with Gasteiger partial charge in [0.05, 0.1) is 11.6 Å². The van der Waals surface area contributed by atoms with E-state index in [2.05, 4.69) is 5.32 Å². The van der Waals surface area contributed by atoms with Crippen molar-refractivity contribution in [2.24, 2.45) is 5.73 Å². The molecule has 1 aliphatic heterocycles. The number of hydrogen-bond donors (Lipinski definition) is 2. The second-order valence-corrected chi connectivity index (χ2v) is 4.60. The van der Waals surface area contributed by atoms with E-state index in [1.807, 2.05) is 24.3 Å². The summed E-state index contributed by atoms with van der Waals surface area (Å²) in [6.07, 6.45) is 0. The zero-order valence-corrected chi connectivity index (χ0v) is 9.49. The Labute approximate surface area is 94.8 Å². The molecule has 0 fully saturated rings. The molecule has 86 valence electrons. The summed E-state index contributed by atoms with van der Waals surface area (Å²) >= 11 is 0. The lowest BCUT2D eigenvalue weighted by molar-refractivity contribution is -0.126. The Hall–Kier alpha value is -1.55. The lowest BCUT2D eigenvalue weighted by atomic mass is 10.0. The van der Waals surface area contributed by atoms with Gasteiger partial charge in [-0.3, -0.25) is 4.79 Å². The van der Waals surface area contributed by atoms with Crippen molar-refractivity contribution in [2.75, 3.05) is 6.61 Å². The first-order chi connectivity index (χ1) is 7.48. The molecule has 0 saturated carbocycles. The topological polar surface area (TPSA) is 64.4 Å². The molecular formula is C12H16N2O2. The molecule has 1 amide bonds. The summed E-state index contributed by atoms with van der Waals surface area (Å²) in [5.41, 5.74) is 5.87. The monoisotopic (exact) mass is 220 g/mol. The molecule has 4 heteroatoms. The second kappa shape index (κ2) is 3.79. The van der Waals surface area contributed by atoms with Gasteiger partial charge in [-0.25, -0.2) is 0 Å². The van der Waals surface area contributed by atoms with Gasteiger partial charge < -0.3 is 15.8 Å². The molecule has 1 aromatic carbocycles. The highest BCUT2D eigenvalue weighted by atomic mass is 16.5. The second-order valence-electron chi connectivity index (χ2n) is 4.60. The molecule has 1 atom stereocenters. The Balaban J connectivity index is 2.12. The first kappa shape index (κ1) is 11.0. The van der Waals surface area contributed by atoms with Crippen molar-refractivity contribution in [1.29, 1.82) is 0 Å². The molecule has 0 aromatic heterocycles. The highest BCUT2D eigenvalue weighted by Gasteiger charge is 2.29. The molecular weight excluding hydrogens is 204 g/mol. The Bertz CT molecular complexity index is 410. The number of carbonyl (C=O) groups excluding carboxylic acids is 1. The van der Waals surface area contributed by atoms with Crippen LogP contribution >= 0.6 is 0 Å². The highest BCUT2D eigenvalue weighted by Crippen LogP contribution is 2.31. The van der Waals surface area contributed by atoms with E-state index in [4.69, 9.17) is 10.5 Å². The van der Waals surface area contributed by atoms with Crippen LogP contribution in [0.1, 0.15) is 25.5 Å². The Kier molecular flexibility index (Phi) is 2.59. The average Bonchev–Trinajstić information content (AvgIpc) is 2.61. The van der Waals surface area contributed by atoms with Gasteiger partial charge in [-0.05, 0) is 19.9 Å². The van der Waals surface area contributed by atoms with Crippen molar-refractivity contribution in [3.63, 3.8) is 0 Å². The van der Waals surface area contributed by atoms with E-state index in [0.29, 0.717) is 6.61 Å². The molecule has 16 heavy (non-hydrogen) atoms. The minimum absolute atomic E-state index is 0.0912. The van der Waals surface area contributed by atoms with Gasteiger partial charge in [-0.2, -0.15) is 0 Å². The third kappa shape index (κ3) is 2.02. The Morgan fingerprint density at radius 1 is 1.50 bits per heavy atom. The number of nitrogens with one attached hydrogen (secondary N) is 1. The predicted octanol–water partition coefficient (Wildman–Crippen LogP) is 0.974. The number of fused-ring (bicyclic) bond motifs is 1. The number of ether oxygens (including phenoxy) is 1. The highest BCUT2D eigenvalue weighted by molar-refractivity contribution is 5.85. The third-order valence-corrected chi connectivity index (χ3v) is 2.59. The van der Waals surface area contributed by atoms with Gasteiger partial charge in [0.15, 0.2) is 0 Å². The average molecular weight is 220 g/mol. The van der Waals surface area contributed by atoms with Crippen molar-refractivity contribution >= 4 is 5.91 Å². The lowest BCUT2D eigenvalue weighted by Crippen LogP contribution is -2.50. The van der Waals surface area contributed by atoms with Crippen molar-refractivity contribution < 1.29 is 9.53 Å². The summed E-state index contributed by atoms with van der Waals surface area (Å²) in [4.78, 5) is 11.7. The van der Waals surface area contributed by atoms with Crippen LogP contribution in [0, 0.1) is 0 Å². The number of para-hydroxylation sites is 1. The van der Waals surface area contributed by atoms with Gasteiger partial charge in [-0.15, -0.1) is 0 Å². The van der Waals surface area contributed by atoms with Gasteiger partial charge in [0.2, 0.25) is 5.91 Å². The quantitative estimate of drug-likeness (QED) is 0.780. The van der Waals surface area contributed by atoms with Gasteiger partial charge in [0.25, 0.3) is 0 Å². The zero-order chi connectivity index (χ0) is 11.8. The molecule has 0 bridgehead atoms. The largest absolute Gasteiger partial charge is 0.491 e. The molecule has 0 radical (unpaired) electrons. The molecule has 0 spiro atoms. The van der Waals surface area contributed by atoms with E-state index in [1.165, 1.54) is 0 Å². The Morgan fingerprint density at radius 2 is 2.19 bits per heavy atom. The lowest BCUT2D eigenvalue weighted by Gasteiger charge is -2.20. The van der Waals surface area contributed by atoms with Crippen LogP contribution in [0.3, 0.4) is 0 Å². The number of amides is 1. The van der Waals surface area contributed by atoms with Crippen LogP contribution < -0.4 is 15.8 Å². The fourth-order valence-electron chi connectivity index (χ4n) is 1.63. The van der Waals surface area contributed by atoms with Crippen LogP contribution in [-0.2, 0) is 4.79 Å². The number of hydrogen-bond acceptors (Lipinski definition) is 3. The summed E-state index contributed by atoms with van der Waals surface area (Å²) in [5, 5.41) is 2.89.